The highest BCUT2D eigenvalue weighted by molar-refractivity contribution is 5.94. The minimum Gasteiger partial charge on any atom is -0.493 e. The van der Waals surface area contributed by atoms with Gasteiger partial charge in [-0.15, -0.1) is 0 Å². The molecule has 1 amide bonds. The summed E-state index contributed by atoms with van der Waals surface area (Å²) in [6.07, 6.45) is 3.20. The van der Waals surface area contributed by atoms with Crippen LogP contribution in [-0.4, -0.2) is 39.3 Å². The van der Waals surface area contributed by atoms with Gasteiger partial charge in [-0.2, -0.15) is 5.10 Å². The SMILES string of the molecule is Cc1n[nH]cc1-c1c[c]cc(OCCNC(=O)c2ccnc(O)c2)c1. The molecule has 0 aliphatic carbocycles. The van der Waals surface area contributed by atoms with Crippen molar-refractivity contribution in [2.75, 3.05) is 13.2 Å². The molecule has 0 unspecified atom stereocenters. The summed E-state index contributed by atoms with van der Waals surface area (Å²) in [5.41, 5.74) is 3.20. The molecule has 7 heteroatoms. The van der Waals surface area contributed by atoms with E-state index >= 15 is 0 Å². The molecule has 1 radical (unpaired) electrons. The third-order valence-corrected chi connectivity index (χ3v) is 3.57. The van der Waals surface area contributed by atoms with Gasteiger partial charge in [0.1, 0.15) is 12.4 Å². The number of hydrogen-bond donors (Lipinski definition) is 3. The average molecular weight is 337 g/mol. The number of aryl methyl sites for hydroxylation is 1. The maximum Gasteiger partial charge on any atom is 0.251 e. The molecule has 3 N–H and O–H groups in total. The van der Waals surface area contributed by atoms with Crippen molar-refractivity contribution in [3.05, 3.63) is 60.0 Å². The van der Waals surface area contributed by atoms with Gasteiger partial charge in [-0.1, -0.05) is 0 Å². The number of H-pyrrole nitrogens is 1. The molecule has 0 saturated heterocycles. The van der Waals surface area contributed by atoms with Crippen molar-refractivity contribution in [3.63, 3.8) is 0 Å². The second-order valence-corrected chi connectivity index (χ2v) is 5.35. The molecule has 25 heavy (non-hydrogen) atoms. The van der Waals surface area contributed by atoms with Crippen LogP contribution in [-0.2, 0) is 0 Å². The minimum absolute atomic E-state index is 0.189. The van der Waals surface area contributed by atoms with E-state index in [0.717, 1.165) is 16.8 Å². The molecule has 0 aliphatic heterocycles. The van der Waals surface area contributed by atoms with E-state index < -0.39 is 0 Å². The molecule has 7 nitrogen and oxygen atoms in total. The van der Waals surface area contributed by atoms with E-state index in [2.05, 4.69) is 26.6 Å². The Bertz CT molecular complexity index is 876. The Morgan fingerprint density at radius 2 is 2.28 bits per heavy atom. The lowest BCUT2D eigenvalue weighted by molar-refractivity contribution is 0.0946. The smallest absolute Gasteiger partial charge is 0.251 e. The second-order valence-electron chi connectivity index (χ2n) is 5.35. The van der Waals surface area contributed by atoms with Crippen LogP contribution >= 0.6 is 0 Å². The largest absolute Gasteiger partial charge is 0.493 e. The molecule has 0 fully saturated rings. The number of aromatic nitrogens is 3. The number of pyridine rings is 1. The van der Waals surface area contributed by atoms with Crippen LogP contribution < -0.4 is 10.1 Å². The van der Waals surface area contributed by atoms with Crippen LogP contribution in [0.4, 0.5) is 0 Å². The number of rotatable bonds is 6. The normalized spacial score (nSPS) is 10.4. The molecule has 1 aromatic carbocycles. The number of carbonyl (C=O) groups excluding carboxylic acids is 1. The van der Waals surface area contributed by atoms with Crippen LogP contribution in [0.2, 0.25) is 0 Å². The van der Waals surface area contributed by atoms with E-state index in [0.29, 0.717) is 24.5 Å². The third-order valence-electron chi connectivity index (χ3n) is 3.57. The fraction of sp³-hybridized carbons (Fsp3) is 0.167. The molecule has 127 valence electrons. The summed E-state index contributed by atoms with van der Waals surface area (Å²) < 4.78 is 5.66. The van der Waals surface area contributed by atoms with Crippen LogP contribution in [0.5, 0.6) is 11.6 Å². The van der Waals surface area contributed by atoms with Crippen molar-refractivity contribution in [2.45, 2.75) is 6.92 Å². The van der Waals surface area contributed by atoms with Crippen molar-refractivity contribution in [3.8, 4) is 22.8 Å². The molecular weight excluding hydrogens is 320 g/mol. The Balaban J connectivity index is 1.53. The quantitative estimate of drug-likeness (QED) is 0.598. The van der Waals surface area contributed by atoms with Gasteiger partial charge in [0.25, 0.3) is 5.91 Å². The van der Waals surface area contributed by atoms with Crippen molar-refractivity contribution < 1.29 is 14.6 Å². The molecular formula is C18H17N4O3. The molecule has 2 heterocycles. The Hall–Kier alpha value is -3.35. The topological polar surface area (TPSA) is 100 Å². The highest BCUT2D eigenvalue weighted by atomic mass is 16.5. The summed E-state index contributed by atoms with van der Waals surface area (Å²) in [5.74, 6) is 0.176. The van der Waals surface area contributed by atoms with Crippen LogP contribution in [0.25, 0.3) is 11.1 Å². The first-order valence-corrected chi connectivity index (χ1v) is 7.71. The first kappa shape index (κ1) is 16.5. The molecule has 0 aliphatic rings. The minimum atomic E-state index is -0.296. The monoisotopic (exact) mass is 337 g/mol. The van der Waals surface area contributed by atoms with E-state index in [1.165, 1.54) is 18.3 Å². The van der Waals surface area contributed by atoms with E-state index in [9.17, 15) is 9.90 Å². The number of aromatic amines is 1. The highest BCUT2D eigenvalue weighted by Crippen LogP contribution is 2.24. The maximum absolute atomic E-state index is 11.9. The van der Waals surface area contributed by atoms with E-state index in [-0.39, 0.29) is 11.8 Å². The van der Waals surface area contributed by atoms with Crippen molar-refractivity contribution >= 4 is 5.91 Å². The van der Waals surface area contributed by atoms with Gasteiger partial charge in [0.15, 0.2) is 0 Å². The summed E-state index contributed by atoms with van der Waals surface area (Å²) in [6, 6.07) is 11.4. The Kier molecular flexibility index (Phi) is 4.94. The van der Waals surface area contributed by atoms with E-state index in [1.54, 1.807) is 6.07 Å². The van der Waals surface area contributed by atoms with E-state index in [1.807, 2.05) is 25.3 Å². The first-order valence-electron chi connectivity index (χ1n) is 7.71. The lowest BCUT2D eigenvalue weighted by Gasteiger charge is -2.09. The lowest BCUT2D eigenvalue weighted by atomic mass is 10.1. The van der Waals surface area contributed by atoms with Gasteiger partial charge in [-0.05, 0) is 42.8 Å². The molecule has 0 spiro atoms. The first-order chi connectivity index (χ1) is 12.1. The summed E-state index contributed by atoms with van der Waals surface area (Å²) in [7, 11) is 0. The molecule has 2 aromatic heterocycles. The lowest BCUT2D eigenvalue weighted by Crippen LogP contribution is -2.28. The average Bonchev–Trinajstić information content (AvgIpc) is 3.05. The van der Waals surface area contributed by atoms with Gasteiger partial charge in [-0.25, -0.2) is 4.98 Å². The van der Waals surface area contributed by atoms with Gasteiger partial charge < -0.3 is 15.2 Å². The molecule has 3 rings (SSSR count). The zero-order valence-corrected chi connectivity index (χ0v) is 13.6. The van der Waals surface area contributed by atoms with Gasteiger partial charge >= 0.3 is 0 Å². The third kappa shape index (κ3) is 4.14. The number of benzene rings is 1. The molecule has 0 atom stereocenters. The van der Waals surface area contributed by atoms with Gasteiger partial charge in [0, 0.05) is 29.6 Å². The number of aromatic hydroxyl groups is 1. The van der Waals surface area contributed by atoms with Crippen LogP contribution in [0.3, 0.4) is 0 Å². The number of nitrogens with zero attached hydrogens (tertiary/aromatic N) is 2. The summed E-state index contributed by atoms with van der Waals surface area (Å²) in [4.78, 5) is 15.6. The highest BCUT2D eigenvalue weighted by Gasteiger charge is 2.07. The number of carbonyl (C=O) groups is 1. The summed E-state index contributed by atoms with van der Waals surface area (Å²) in [6.45, 7) is 2.56. The maximum atomic E-state index is 11.9. The standard InChI is InChI=1S/C18H17N4O3/c1-12-16(11-21-22-12)13-3-2-4-15(9-13)25-8-7-20-18(24)14-5-6-19-17(23)10-14/h3-6,9-11H,7-8H2,1H3,(H,19,23)(H,20,24)(H,21,22). The van der Waals surface area contributed by atoms with Gasteiger partial charge in [0.05, 0.1) is 12.2 Å². The molecule has 0 saturated carbocycles. The van der Waals surface area contributed by atoms with Crippen molar-refractivity contribution in [1.82, 2.24) is 20.5 Å². The van der Waals surface area contributed by atoms with Crippen LogP contribution in [0.1, 0.15) is 16.1 Å². The van der Waals surface area contributed by atoms with Crippen molar-refractivity contribution in [1.29, 1.82) is 0 Å². The van der Waals surface area contributed by atoms with Gasteiger partial charge in [-0.3, -0.25) is 9.89 Å². The zero-order chi connectivity index (χ0) is 17.6. The number of nitrogens with one attached hydrogen (secondary N) is 2. The van der Waals surface area contributed by atoms with E-state index in [4.69, 9.17) is 4.74 Å². The fourth-order valence-electron chi connectivity index (χ4n) is 2.33. The summed E-state index contributed by atoms with van der Waals surface area (Å²) in [5, 5.41) is 18.9. The Morgan fingerprint density at radius 3 is 3.04 bits per heavy atom. The predicted molar refractivity (Wildman–Crippen MR) is 91.3 cm³/mol. The number of hydrogen-bond acceptors (Lipinski definition) is 5. The summed E-state index contributed by atoms with van der Waals surface area (Å²) >= 11 is 0. The molecule has 0 bridgehead atoms. The number of amides is 1. The predicted octanol–water partition coefficient (Wildman–Crippen LogP) is 2.09. The van der Waals surface area contributed by atoms with Crippen LogP contribution in [0.15, 0.2) is 42.7 Å². The van der Waals surface area contributed by atoms with Gasteiger partial charge in [0.2, 0.25) is 5.88 Å². The Morgan fingerprint density at radius 1 is 1.40 bits per heavy atom. The van der Waals surface area contributed by atoms with Crippen molar-refractivity contribution in [2.24, 2.45) is 0 Å². The van der Waals surface area contributed by atoms with Crippen LogP contribution in [0, 0.1) is 13.0 Å². The Labute approximate surface area is 144 Å². The number of ether oxygens (including phenoxy) is 1. The molecule has 3 aromatic rings. The fourth-order valence-corrected chi connectivity index (χ4v) is 2.33. The zero-order valence-electron chi connectivity index (χ0n) is 13.6. The second kappa shape index (κ2) is 7.48.